The first-order chi connectivity index (χ1) is 7.40. The molecule has 0 aliphatic carbocycles. The summed E-state index contributed by atoms with van der Waals surface area (Å²) in [6.07, 6.45) is 5.89. The molecule has 4 rings (SSSR count). The molecule has 0 radical (unpaired) electrons. The van der Waals surface area contributed by atoms with Gasteiger partial charge in [-0.2, -0.15) is 0 Å². The molecule has 4 bridgehead atoms. The molecule has 2 nitrogen and oxygen atoms in total. The summed E-state index contributed by atoms with van der Waals surface area (Å²) in [6.45, 7) is 0. The lowest BCUT2D eigenvalue weighted by molar-refractivity contribution is 0.464. The predicted octanol–water partition coefficient (Wildman–Crippen LogP) is 2.56. The molecule has 0 saturated heterocycles. The molecule has 2 aliphatic rings. The molecule has 15 heavy (non-hydrogen) atoms. The van der Waals surface area contributed by atoms with E-state index in [0.29, 0.717) is 0 Å². The molecular weight excluding hydrogens is 186 g/mol. The van der Waals surface area contributed by atoms with Gasteiger partial charge in [-0.05, 0) is 36.6 Å². The van der Waals surface area contributed by atoms with Gasteiger partial charge in [-0.1, -0.05) is 6.07 Å². The van der Waals surface area contributed by atoms with Crippen molar-refractivity contribution < 1.29 is 4.42 Å². The maximum atomic E-state index is 5.73. The van der Waals surface area contributed by atoms with E-state index in [0.717, 1.165) is 42.9 Å². The second kappa shape index (κ2) is 3.54. The zero-order valence-electron chi connectivity index (χ0n) is 8.57. The Morgan fingerprint density at radius 1 is 0.867 bits per heavy atom. The Morgan fingerprint density at radius 3 is 2.40 bits per heavy atom. The number of aryl methyl sites for hydroxylation is 4. The smallest absolute Gasteiger partial charge is 0.104 e. The predicted molar refractivity (Wildman–Crippen MR) is 57.8 cm³/mol. The number of hydrogen-bond acceptors (Lipinski definition) is 2. The number of pyridine rings is 1. The fourth-order valence-electron chi connectivity index (χ4n) is 1.96. The van der Waals surface area contributed by atoms with Gasteiger partial charge >= 0.3 is 0 Å². The molecule has 0 N–H and O–H groups in total. The minimum atomic E-state index is 0.951. The number of furan rings is 1. The zero-order chi connectivity index (χ0) is 10.1. The SMILES string of the molecule is c1cc2ncc1CCc1ccc(o1)CC2. The van der Waals surface area contributed by atoms with Crippen LogP contribution < -0.4 is 0 Å². The van der Waals surface area contributed by atoms with Gasteiger partial charge in [0.2, 0.25) is 0 Å². The van der Waals surface area contributed by atoms with Crippen LogP contribution in [0.2, 0.25) is 0 Å². The fourth-order valence-corrected chi connectivity index (χ4v) is 1.96. The molecule has 76 valence electrons. The Bertz CT molecular complexity index is 414. The van der Waals surface area contributed by atoms with Gasteiger partial charge in [-0.15, -0.1) is 0 Å². The Labute approximate surface area is 89.0 Å². The molecule has 0 saturated carbocycles. The second-order valence-electron chi connectivity index (χ2n) is 4.03. The number of rotatable bonds is 0. The molecule has 4 heterocycles. The highest BCUT2D eigenvalue weighted by atomic mass is 16.3. The highest BCUT2D eigenvalue weighted by molar-refractivity contribution is 5.18. The van der Waals surface area contributed by atoms with Crippen LogP contribution in [0.5, 0.6) is 0 Å². The molecule has 0 aromatic carbocycles. The van der Waals surface area contributed by atoms with Crippen molar-refractivity contribution in [2.75, 3.05) is 0 Å². The summed E-state index contributed by atoms with van der Waals surface area (Å²) in [7, 11) is 0. The average Bonchev–Trinajstić information content (AvgIpc) is 2.69. The average molecular weight is 199 g/mol. The van der Waals surface area contributed by atoms with E-state index >= 15 is 0 Å². The van der Waals surface area contributed by atoms with Crippen molar-refractivity contribution in [1.29, 1.82) is 0 Å². The van der Waals surface area contributed by atoms with Gasteiger partial charge in [-0.3, -0.25) is 4.98 Å². The lowest BCUT2D eigenvalue weighted by atomic mass is 10.1. The van der Waals surface area contributed by atoms with Crippen LogP contribution in [0.3, 0.4) is 0 Å². The Morgan fingerprint density at radius 2 is 1.67 bits per heavy atom. The van der Waals surface area contributed by atoms with Crippen LogP contribution in [0.1, 0.15) is 22.8 Å². The first-order valence-corrected chi connectivity index (χ1v) is 5.41. The molecule has 2 aromatic rings. The maximum absolute atomic E-state index is 5.73. The number of hydrogen-bond donors (Lipinski definition) is 0. The van der Waals surface area contributed by atoms with Crippen LogP contribution >= 0.6 is 0 Å². The third kappa shape index (κ3) is 1.80. The lowest BCUT2D eigenvalue weighted by Gasteiger charge is -2.00. The molecule has 2 heteroatoms. The number of fused-ring (bicyclic) bond motifs is 4. The van der Waals surface area contributed by atoms with E-state index in [1.807, 2.05) is 6.20 Å². The minimum absolute atomic E-state index is 0.951. The first-order valence-electron chi connectivity index (χ1n) is 5.41. The Hall–Kier alpha value is -1.57. The third-order valence-corrected chi connectivity index (χ3v) is 2.89. The van der Waals surface area contributed by atoms with Gasteiger partial charge in [0.05, 0.1) is 0 Å². The normalized spacial score (nSPS) is 14.9. The van der Waals surface area contributed by atoms with Crippen molar-refractivity contribution in [2.45, 2.75) is 25.7 Å². The van der Waals surface area contributed by atoms with Crippen molar-refractivity contribution in [3.63, 3.8) is 0 Å². The lowest BCUT2D eigenvalue weighted by Crippen LogP contribution is -1.95. The molecule has 2 aliphatic heterocycles. The van der Waals surface area contributed by atoms with E-state index in [1.165, 1.54) is 5.56 Å². The monoisotopic (exact) mass is 199 g/mol. The van der Waals surface area contributed by atoms with Crippen LogP contribution in [-0.2, 0) is 25.7 Å². The van der Waals surface area contributed by atoms with Gasteiger partial charge in [0.25, 0.3) is 0 Å². The van der Waals surface area contributed by atoms with E-state index in [9.17, 15) is 0 Å². The van der Waals surface area contributed by atoms with Gasteiger partial charge in [0.15, 0.2) is 0 Å². The van der Waals surface area contributed by atoms with Crippen molar-refractivity contribution in [3.8, 4) is 0 Å². The van der Waals surface area contributed by atoms with Crippen molar-refractivity contribution >= 4 is 0 Å². The molecule has 0 unspecified atom stereocenters. The fraction of sp³-hybridized carbons (Fsp3) is 0.308. The van der Waals surface area contributed by atoms with E-state index in [-0.39, 0.29) is 0 Å². The minimum Gasteiger partial charge on any atom is -0.466 e. The summed E-state index contributed by atoms with van der Waals surface area (Å²) in [5.74, 6) is 2.17. The summed E-state index contributed by atoms with van der Waals surface area (Å²) in [5.41, 5.74) is 2.44. The summed E-state index contributed by atoms with van der Waals surface area (Å²) in [5, 5.41) is 0. The van der Waals surface area contributed by atoms with Crippen LogP contribution in [0.15, 0.2) is 34.9 Å². The van der Waals surface area contributed by atoms with Crippen molar-refractivity contribution in [1.82, 2.24) is 4.98 Å². The molecule has 0 spiro atoms. The summed E-state index contributed by atoms with van der Waals surface area (Å²) in [6, 6.07) is 8.49. The Kier molecular flexibility index (Phi) is 2.05. The molecule has 2 aromatic heterocycles. The summed E-state index contributed by atoms with van der Waals surface area (Å²) >= 11 is 0. The zero-order valence-corrected chi connectivity index (χ0v) is 8.57. The molecule has 0 fully saturated rings. The van der Waals surface area contributed by atoms with Crippen LogP contribution in [-0.4, -0.2) is 4.98 Å². The van der Waals surface area contributed by atoms with E-state index in [2.05, 4.69) is 29.2 Å². The highest BCUT2D eigenvalue weighted by Gasteiger charge is 2.06. The summed E-state index contributed by atoms with van der Waals surface area (Å²) < 4.78 is 5.73. The Balaban J connectivity index is 1.97. The topological polar surface area (TPSA) is 26.0 Å². The van der Waals surface area contributed by atoms with Crippen LogP contribution in [0.25, 0.3) is 0 Å². The molecular formula is C13H13NO. The van der Waals surface area contributed by atoms with Gasteiger partial charge in [0.1, 0.15) is 11.5 Å². The van der Waals surface area contributed by atoms with E-state index < -0.39 is 0 Å². The molecule has 0 amide bonds. The van der Waals surface area contributed by atoms with Crippen LogP contribution in [0, 0.1) is 0 Å². The summed E-state index contributed by atoms with van der Waals surface area (Å²) in [4.78, 5) is 4.44. The largest absolute Gasteiger partial charge is 0.466 e. The van der Waals surface area contributed by atoms with Crippen LogP contribution in [0.4, 0.5) is 0 Å². The third-order valence-electron chi connectivity index (χ3n) is 2.89. The number of nitrogens with zero attached hydrogens (tertiary/aromatic N) is 1. The van der Waals surface area contributed by atoms with Crippen molar-refractivity contribution in [2.24, 2.45) is 0 Å². The van der Waals surface area contributed by atoms with Gasteiger partial charge < -0.3 is 4.42 Å². The van der Waals surface area contributed by atoms with Crippen molar-refractivity contribution in [3.05, 3.63) is 53.2 Å². The van der Waals surface area contributed by atoms with Gasteiger partial charge in [0, 0.05) is 24.7 Å². The maximum Gasteiger partial charge on any atom is 0.104 e. The number of aromatic nitrogens is 1. The van der Waals surface area contributed by atoms with E-state index in [4.69, 9.17) is 4.42 Å². The quantitative estimate of drug-likeness (QED) is 0.651. The highest BCUT2D eigenvalue weighted by Crippen LogP contribution is 2.15. The van der Waals surface area contributed by atoms with Gasteiger partial charge in [-0.25, -0.2) is 0 Å². The first kappa shape index (κ1) is 8.72. The molecule has 0 atom stereocenters. The van der Waals surface area contributed by atoms with E-state index in [1.54, 1.807) is 0 Å². The second-order valence-corrected chi connectivity index (χ2v) is 4.03. The standard InChI is InChI=1S/C13H13NO/c1-3-11-4-6-13-8-7-12(15-13)5-2-10(1)9-14-11/h1,3,7-9H,2,4-6H2.